The van der Waals surface area contributed by atoms with Crippen molar-refractivity contribution in [2.45, 2.75) is 19.9 Å². The number of rotatable bonds is 2. The molecule has 0 amide bonds. The molecule has 2 aromatic heterocycles. The highest BCUT2D eigenvalue weighted by molar-refractivity contribution is 5.96. The number of H-pyrrole nitrogens is 1. The summed E-state index contributed by atoms with van der Waals surface area (Å²) in [6.45, 7) is 2.77. The highest BCUT2D eigenvalue weighted by Crippen LogP contribution is 2.35. The lowest BCUT2D eigenvalue weighted by atomic mass is 10.1. The third-order valence-corrected chi connectivity index (χ3v) is 3.53. The van der Waals surface area contributed by atoms with Crippen LogP contribution in [0.5, 0.6) is 0 Å². The number of imidazole rings is 1. The molecule has 0 aliphatic carbocycles. The van der Waals surface area contributed by atoms with Crippen LogP contribution >= 0.6 is 0 Å². The van der Waals surface area contributed by atoms with E-state index < -0.39 is 5.97 Å². The zero-order valence-electron chi connectivity index (χ0n) is 11.2. The van der Waals surface area contributed by atoms with Crippen LogP contribution in [-0.4, -0.2) is 39.7 Å². The first kappa shape index (κ1) is 11.8. The highest BCUT2D eigenvalue weighted by Gasteiger charge is 2.28. The molecule has 2 N–H and O–H groups in total. The summed E-state index contributed by atoms with van der Waals surface area (Å²) in [5.41, 5.74) is 2.91. The number of aromatic nitrogens is 3. The minimum absolute atomic E-state index is 0.297. The second kappa shape index (κ2) is 3.88. The standard InChI is InChI=1S/C13H16N4O2/c1-7-12(16(2)3)17-5-4-9-10(11(17)15-7)8(6-14-9)13(18)19/h6,14H,4-5H2,1-3H3,(H,18,19). The Morgan fingerprint density at radius 3 is 2.89 bits per heavy atom. The number of fused-ring (bicyclic) bond motifs is 3. The van der Waals surface area contributed by atoms with E-state index in [0.29, 0.717) is 5.56 Å². The molecule has 0 spiro atoms. The number of nitrogens with zero attached hydrogens (tertiary/aromatic N) is 3. The summed E-state index contributed by atoms with van der Waals surface area (Å²) in [5, 5.41) is 9.27. The number of carbonyl (C=O) groups is 1. The van der Waals surface area contributed by atoms with Crippen molar-refractivity contribution < 1.29 is 9.90 Å². The molecule has 3 heterocycles. The van der Waals surface area contributed by atoms with Crippen molar-refractivity contribution in [2.75, 3.05) is 19.0 Å². The molecule has 1 aliphatic rings. The lowest BCUT2D eigenvalue weighted by Gasteiger charge is -2.21. The van der Waals surface area contributed by atoms with Crippen LogP contribution in [0.3, 0.4) is 0 Å². The Bertz CT molecular complexity index is 666. The van der Waals surface area contributed by atoms with Gasteiger partial charge in [-0.1, -0.05) is 0 Å². The summed E-state index contributed by atoms with van der Waals surface area (Å²) in [4.78, 5) is 20.9. The van der Waals surface area contributed by atoms with Crippen LogP contribution in [0.2, 0.25) is 0 Å². The fourth-order valence-corrected chi connectivity index (χ4v) is 2.84. The minimum atomic E-state index is -0.919. The Hall–Kier alpha value is -2.24. The molecule has 0 atom stereocenters. The van der Waals surface area contributed by atoms with Crippen LogP contribution < -0.4 is 4.90 Å². The fraction of sp³-hybridized carbons (Fsp3) is 0.385. The van der Waals surface area contributed by atoms with Gasteiger partial charge in [0.15, 0.2) is 0 Å². The van der Waals surface area contributed by atoms with E-state index in [1.54, 1.807) is 6.20 Å². The van der Waals surface area contributed by atoms with Crippen LogP contribution in [0.1, 0.15) is 21.7 Å². The van der Waals surface area contributed by atoms with Gasteiger partial charge in [-0.25, -0.2) is 9.78 Å². The molecule has 6 nitrogen and oxygen atoms in total. The summed E-state index contributed by atoms with van der Waals surface area (Å²) in [6, 6.07) is 0. The first-order valence-corrected chi connectivity index (χ1v) is 6.19. The minimum Gasteiger partial charge on any atom is -0.478 e. The number of aromatic carboxylic acids is 1. The molecule has 6 heteroatoms. The largest absolute Gasteiger partial charge is 0.478 e. The maximum Gasteiger partial charge on any atom is 0.337 e. The number of nitrogens with one attached hydrogen (secondary N) is 1. The molecular weight excluding hydrogens is 244 g/mol. The molecule has 0 bridgehead atoms. The monoisotopic (exact) mass is 260 g/mol. The molecule has 0 fully saturated rings. The Balaban J connectivity index is 2.27. The fourth-order valence-electron chi connectivity index (χ4n) is 2.84. The van der Waals surface area contributed by atoms with Crippen LogP contribution in [0.15, 0.2) is 6.20 Å². The lowest BCUT2D eigenvalue weighted by Crippen LogP contribution is -2.19. The first-order valence-electron chi connectivity index (χ1n) is 6.19. The Labute approximate surface area is 110 Å². The normalized spacial score (nSPS) is 13.0. The van der Waals surface area contributed by atoms with Crippen LogP contribution in [0.25, 0.3) is 11.4 Å². The van der Waals surface area contributed by atoms with Crippen LogP contribution in [0.4, 0.5) is 5.82 Å². The summed E-state index contributed by atoms with van der Waals surface area (Å²) >= 11 is 0. The Morgan fingerprint density at radius 2 is 2.26 bits per heavy atom. The van der Waals surface area contributed by atoms with Gasteiger partial charge in [-0.2, -0.15) is 0 Å². The Morgan fingerprint density at radius 1 is 1.53 bits per heavy atom. The molecule has 3 rings (SSSR count). The average Bonchev–Trinajstić information content (AvgIpc) is 2.87. The summed E-state index contributed by atoms with van der Waals surface area (Å²) in [5.74, 6) is 0.872. The predicted octanol–water partition coefficient (Wildman–Crippen LogP) is 1.51. The lowest BCUT2D eigenvalue weighted by molar-refractivity contribution is 0.0697. The summed E-state index contributed by atoms with van der Waals surface area (Å²) in [7, 11) is 3.95. The number of aryl methyl sites for hydroxylation is 2. The molecule has 1 aliphatic heterocycles. The number of aromatic amines is 1. The quantitative estimate of drug-likeness (QED) is 0.858. The van der Waals surface area contributed by atoms with Crippen molar-refractivity contribution >= 4 is 11.8 Å². The Kier molecular flexibility index (Phi) is 2.41. The van der Waals surface area contributed by atoms with E-state index in [4.69, 9.17) is 0 Å². The smallest absolute Gasteiger partial charge is 0.337 e. The van der Waals surface area contributed by atoms with Gasteiger partial charge in [-0.15, -0.1) is 0 Å². The van der Waals surface area contributed by atoms with Gasteiger partial charge in [-0.3, -0.25) is 0 Å². The number of hydrogen-bond donors (Lipinski definition) is 2. The van der Waals surface area contributed by atoms with Crippen molar-refractivity contribution in [2.24, 2.45) is 0 Å². The molecule has 0 saturated heterocycles. The molecule has 0 radical (unpaired) electrons. The average molecular weight is 260 g/mol. The van der Waals surface area contributed by atoms with Gasteiger partial charge >= 0.3 is 5.97 Å². The van der Waals surface area contributed by atoms with Gasteiger partial charge < -0.3 is 19.6 Å². The second-order valence-corrected chi connectivity index (χ2v) is 5.00. The highest BCUT2D eigenvalue weighted by atomic mass is 16.4. The summed E-state index contributed by atoms with van der Waals surface area (Å²) in [6.07, 6.45) is 2.36. The van der Waals surface area contributed by atoms with Crippen molar-refractivity contribution in [3.63, 3.8) is 0 Å². The molecule has 100 valence electrons. The zero-order chi connectivity index (χ0) is 13.7. The van der Waals surface area contributed by atoms with Gasteiger partial charge in [0.2, 0.25) is 0 Å². The van der Waals surface area contributed by atoms with E-state index in [0.717, 1.165) is 41.6 Å². The van der Waals surface area contributed by atoms with E-state index in [9.17, 15) is 9.90 Å². The molecule has 19 heavy (non-hydrogen) atoms. The van der Waals surface area contributed by atoms with Crippen LogP contribution in [0, 0.1) is 6.92 Å². The number of carboxylic acids is 1. The number of carboxylic acid groups (broad SMARTS) is 1. The third kappa shape index (κ3) is 1.56. The second-order valence-electron chi connectivity index (χ2n) is 5.00. The van der Waals surface area contributed by atoms with E-state index in [1.165, 1.54) is 0 Å². The van der Waals surface area contributed by atoms with Crippen molar-refractivity contribution in [3.8, 4) is 11.4 Å². The van der Waals surface area contributed by atoms with Gasteiger partial charge in [0.05, 0.1) is 16.8 Å². The maximum absolute atomic E-state index is 11.3. The number of hydrogen-bond acceptors (Lipinski definition) is 3. The van der Waals surface area contributed by atoms with E-state index in [-0.39, 0.29) is 0 Å². The first-order chi connectivity index (χ1) is 9.00. The van der Waals surface area contributed by atoms with Crippen LogP contribution in [-0.2, 0) is 13.0 Å². The van der Waals surface area contributed by atoms with Crippen molar-refractivity contribution in [1.29, 1.82) is 0 Å². The van der Waals surface area contributed by atoms with Gasteiger partial charge in [0, 0.05) is 39.0 Å². The molecule has 0 unspecified atom stereocenters. The van der Waals surface area contributed by atoms with Crippen molar-refractivity contribution in [3.05, 3.63) is 23.1 Å². The molecule has 0 saturated carbocycles. The maximum atomic E-state index is 11.3. The predicted molar refractivity (Wildman–Crippen MR) is 71.7 cm³/mol. The zero-order valence-corrected chi connectivity index (χ0v) is 11.2. The molecule has 0 aromatic carbocycles. The number of anilines is 1. The van der Waals surface area contributed by atoms with E-state index in [1.807, 2.05) is 25.9 Å². The van der Waals surface area contributed by atoms with Gasteiger partial charge in [-0.05, 0) is 6.92 Å². The van der Waals surface area contributed by atoms with E-state index >= 15 is 0 Å². The molecular formula is C13H16N4O2. The van der Waals surface area contributed by atoms with E-state index in [2.05, 4.69) is 14.5 Å². The van der Waals surface area contributed by atoms with Crippen molar-refractivity contribution in [1.82, 2.24) is 14.5 Å². The molecule has 2 aromatic rings. The summed E-state index contributed by atoms with van der Waals surface area (Å²) < 4.78 is 2.10. The topological polar surface area (TPSA) is 74.2 Å². The van der Waals surface area contributed by atoms with Gasteiger partial charge in [0.1, 0.15) is 11.6 Å². The third-order valence-electron chi connectivity index (χ3n) is 3.53. The SMILES string of the molecule is Cc1nc2n(c1N(C)C)CCc1[nH]cc(C(=O)O)c1-2. The van der Waals surface area contributed by atoms with Gasteiger partial charge in [0.25, 0.3) is 0 Å².